The number of pyridine rings is 2. The van der Waals surface area contributed by atoms with Gasteiger partial charge in [-0.2, -0.15) is 5.10 Å². The van der Waals surface area contributed by atoms with Gasteiger partial charge in [-0.05, 0) is 30.7 Å². The molecule has 0 saturated carbocycles. The maximum atomic E-state index is 13.2. The van der Waals surface area contributed by atoms with E-state index < -0.39 is 5.97 Å². The molecule has 4 heterocycles. The van der Waals surface area contributed by atoms with Gasteiger partial charge < -0.3 is 9.84 Å². The summed E-state index contributed by atoms with van der Waals surface area (Å²) < 4.78 is 9.93. The van der Waals surface area contributed by atoms with Gasteiger partial charge in [0.1, 0.15) is 5.56 Å². The molecule has 0 aliphatic carbocycles. The molecule has 0 spiro atoms. The molecule has 33 heavy (non-hydrogen) atoms. The van der Waals surface area contributed by atoms with Crippen LogP contribution in [0.25, 0.3) is 38.8 Å². The fourth-order valence-corrected chi connectivity index (χ4v) is 4.13. The third-order valence-electron chi connectivity index (χ3n) is 5.72. The first-order chi connectivity index (χ1) is 15.8. The van der Waals surface area contributed by atoms with Gasteiger partial charge in [-0.25, -0.2) is 14.6 Å². The predicted octanol–water partition coefficient (Wildman–Crippen LogP) is 2.69. The first-order valence-electron chi connectivity index (χ1n) is 10.1. The zero-order valence-corrected chi connectivity index (χ0v) is 18.4. The van der Waals surface area contributed by atoms with Crippen molar-refractivity contribution in [3.8, 4) is 22.7 Å². The minimum absolute atomic E-state index is 0.0333. The second-order valence-corrected chi connectivity index (χ2v) is 7.76. The maximum Gasteiger partial charge on any atom is 0.341 e. The van der Waals surface area contributed by atoms with Gasteiger partial charge in [0.2, 0.25) is 5.88 Å². The van der Waals surface area contributed by atoms with Gasteiger partial charge in [-0.15, -0.1) is 0 Å². The largest absolute Gasteiger partial charge is 0.480 e. The number of rotatable bonds is 4. The summed E-state index contributed by atoms with van der Waals surface area (Å²) in [7, 11) is 4.89. The number of fused-ring (bicyclic) bond motifs is 3. The van der Waals surface area contributed by atoms with E-state index in [1.807, 2.05) is 25.1 Å². The van der Waals surface area contributed by atoms with Crippen molar-refractivity contribution in [3.05, 3.63) is 64.6 Å². The van der Waals surface area contributed by atoms with Gasteiger partial charge in [0.25, 0.3) is 0 Å². The van der Waals surface area contributed by atoms with E-state index in [0.717, 1.165) is 16.6 Å². The minimum atomic E-state index is -1.13. The normalized spacial score (nSPS) is 11.4. The van der Waals surface area contributed by atoms with E-state index >= 15 is 0 Å². The summed E-state index contributed by atoms with van der Waals surface area (Å²) in [6.07, 6.45) is 5.04. The number of aromatic nitrogens is 6. The zero-order valence-electron chi connectivity index (χ0n) is 18.4. The molecule has 4 aromatic heterocycles. The van der Waals surface area contributed by atoms with Crippen LogP contribution in [0.5, 0.6) is 5.88 Å². The molecule has 5 aromatic rings. The molecule has 0 atom stereocenters. The van der Waals surface area contributed by atoms with E-state index in [0.29, 0.717) is 27.8 Å². The maximum absolute atomic E-state index is 13.2. The number of hydrogen-bond donors (Lipinski definition) is 1. The van der Waals surface area contributed by atoms with Crippen molar-refractivity contribution in [1.82, 2.24) is 28.9 Å². The van der Waals surface area contributed by atoms with E-state index in [-0.39, 0.29) is 17.1 Å². The molecule has 166 valence electrons. The predicted molar refractivity (Wildman–Crippen MR) is 122 cm³/mol. The number of carboxylic acids is 1. The summed E-state index contributed by atoms with van der Waals surface area (Å²) in [6, 6.07) is 7.09. The lowest BCUT2D eigenvalue weighted by atomic mass is 10.0. The number of aromatic carboxylic acids is 1. The molecule has 0 amide bonds. The van der Waals surface area contributed by atoms with Gasteiger partial charge in [-0.3, -0.25) is 18.8 Å². The van der Waals surface area contributed by atoms with E-state index in [4.69, 9.17) is 4.74 Å². The van der Waals surface area contributed by atoms with Crippen molar-refractivity contribution in [2.75, 3.05) is 7.11 Å². The number of aryl methyl sites for hydroxylation is 3. The zero-order chi connectivity index (χ0) is 23.4. The molecule has 10 heteroatoms. The number of benzene rings is 1. The fraction of sp³-hybridized carbons (Fsp3) is 0.174. The van der Waals surface area contributed by atoms with Crippen LogP contribution in [-0.4, -0.2) is 47.1 Å². The highest BCUT2D eigenvalue weighted by atomic mass is 16.5. The number of hydrogen-bond acceptors (Lipinski definition) is 6. The van der Waals surface area contributed by atoms with E-state index in [2.05, 4.69) is 15.1 Å². The van der Waals surface area contributed by atoms with Crippen LogP contribution in [-0.2, 0) is 14.1 Å². The third kappa shape index (κ3) is 3.06. The first-order valence-corrected chi connectivity index (χ1v) is 10.1. The number of methoxy groups -OCH3 is 1. The second kappa shape index (κ2) is 7.30. The molecule has 0 bridgehead atoms. The summed E-state index contributed by atoms with van der Waals surface area (Å²) in [5.74, 6) is -1.09. The van der Waals surface area contributed by atoms with Crippen molar-refractivity contribution in [2.45, 2.75) is 6.92 Å². The number of nitrogens with zero attached hydrogens (tertiary/aromatic N) is 6. The molecule has 1 aromatic carbocycles. The van der Waals surface area contributed by atoms with Crippen LogP contribution in [0.1, 0.15) is 16.1 Å². The highest BCUT2D eigenvalue weighted by Gasteiger charge is 2.20. The molecule has 0 fully saturated rings. The summed E-state index contributed by atoms with van der Waals surface area (Å²) >= 11 is 0. The van der Waals surface area contributed by atoms with E-state index in [1.165, 1.54) is 13.2 Å². The monoisotopic (exact) mass is 444 g/mol. The van der Waals surface area contributed by atoms with Crippen LogP contribution in [0.3, 0.4) is 0 Å². The van der Waals surface area contributed by atoms with Gasteiger partial charge in [0, 0.05) is 37.4 Å². The summed E-state index contributed by atoms with van der Waals surface area (Å²) in [5, 5.41) is 14.7. The van der Waals surface area contributed by atoms with Crippen molar-refractivity contribution in [3.63, 3.8) is 0 Å². The average molecular weight is 444 g/mol. The molecule has 0 aliphatic heterocycles. The lowest BCUT2D eigenvalue weighted by Gasteiger charge is -2.09. The Morgan fingerprint density at radius 2 is 1.88 bits per heavy atom. The Bertz CT molecular complexity index is 1640. The Labute approximate surface area is 187 Å². The number of imidazole rings is 1. The van der Waals surface area contributed by atoms with Crippen LogP contribution in [0.15, 0.2) is 47.7 Å². The fourth-order valence-electron chi connectivity index (χ4n) is 4.13. The van der Waals surface area contributed by atoms with Crippen molar-refractivity contribution in [2.24, 2.45) is 14.1 Å². The summed E-state index contributed by atoms with van der Waals surface area (Å²) in [4.78, 5) is 33.5. The number of carboxylic acid groups (broad SMARTS) is 1. The molecule has 0 unspecified atom stereocenters. The minimum Gasteiger partial charge on any atom is -0.480 e. The van der Waals surface area contributed by atoms with Gasteiger partial charge >= 0.3 is 11.7 Å². The van der Waals surface area contributed by atoms with E-state index in [9.17, 15) is 14.7 Å². The topological polar surface area (TPSA) is 117 Å². The Morgan fingerprint density at radius 1 is 1.09 bits per heavy atom. The Kier molecular flexibility index (Phi) is 4.52. The molecule has 10 nitrogen and oxygen atoms in total. The van der Waals surface area contributed by atoms with Crippen LogP contribution in [0, 0.1) is 6.92 Å². The highest BCUT2D eigenvalue weighted by molar-refractivity contribution is 6.05. The molecule has 0 aliphatic rings. The van der Waals surface area contributed by atoms with Gasteiger partial charge in [0.05, 0.1) is 41.2 Å². The van der Waals surface area contributed by atoms with Crippen LogP contribution >= 0.6 is 0 Å². The molecular weight excluding hydrogens is 424 g/mol. The highest BCUT2D eigenvalue weighted by Crippen LogP contribution is 2.31. The Balaban J connectivity index is 1.83. The third-order valence-corrected chi connectivity index (χ3v) is 5.72. The van der Waals surface area contributed by atoms with Crippen LogP contribution < -0.4 is 10.4 Å². The first kappa shape index (κ1) is 20.4. The van der Waals surface area contributed by atoms with Crippen molar-refractivity contribution in [1.29, 1.82) is 0 Å². The molecular formula is C23H20N6O4. The van der Waals surface area contributed by atoms with Crippen molar-refractivity contribution < 1.29 is 14.6 Å². The van der Waals surface area contributed by atoms with Gasteiger partial charge in [0.15, 0.2) is 0 Å². The summed E-state index contributed by atoms with van der Waals surface area (Å²) in [6.45, 7) is 1.85. The molecule has 1 N–H and O–H groups in total. The quantitative estimate of drug-likeness (QED) is 0.453. The Morgan fingerprint density at radius 3 is 2.55 bits per heavy atom. The lowest BCUT2D eigenvalue weighted by molar-refractivity contribution is 0.0692. The SMILES string of the molecule is COc1ncc(-c2ccc3ncc4c(c3c2)n(-c2cn(C)nc2C)c(=O)n4C)cc1C(=O)O. The number of carbonyl (C=O) groups is 1. The van der Waals surface area contributed by atoms with E-state index in [1.54, 1.807) is 46.5 Å². The molecule has 0 saturated heterocycles. The average Bonchev–Trinajstić information content (AvgIpc) is 3.27. The van der Waals surface area contributed by atoms with Crippen LogP contribution in [0.2, 0.25) is 0 Å². The number of ether oxygens (including phenoxy) is 1. The summed E-state index contributed by atoms with van der Waals surface area (Å²) in [5.41, 5.74) is 4.58. The van der Waals surface area contributed by atoms with Crippen molar-refractivity contribution >= 4 is 27.9 Å². The van der Waals surface area contributed by atoms with Gasteiger partial charge in [-0.1, -0.05) is 6.07 Å². The smallest absolute Gasteiger partial charge is 0.341 e. The molecule has 5 rings (SSSR count). The molecule has 0 radical (unpaired) electrons. The Hall–Kier alpha value is -4.47. The standard InChI is InChI=1S/C23H20N6O4/c1-12-19(11-27(2)26-12)29-20-15-7-13(14-8-16(22(30)31)21(33-4)25-9-14)5-6-17(15)24-10-18(20)28(3)23(29)32/h5-11H,1-4H3,(H,30,31). The van der Waals surface area contributed by atoms with Crippen LogP contribution in [0.4, 0.5) is 0 Å². The lowest BCUT2D eigenvalue weighted by Crippen LogP contribution is -2.21. The second-order valence-electron chi connectivity index (χ2n) is 7.76.